The van der Waals surface area contributed by atoms with Crippen LogP contribution in [0.1, 0.15) is 28.2 Å². The second-order valence-corrected chi connectivity index (χ2v) is 3.09. The van der Waals surface area contributed by atoms with Crippen molar-refractivity contribution in [3.8, 4) is 0 Å². The Bertz CT molecular complexity index is 301. The van der Waals surface area contributed by atoms with E-state index in [4.69, 9.17) is 5.11 Å². The average molecular weight is 184 g/mol. The van der Waals surface area contributed by atoms with Crippen molar-refractivity contribution < 1.29 is 9.90 Å². The fraction of sp³-hybridized carbons (Fsp3) is 0.286. The van der Waals surface area contributed by atoms with Gasteiger partial charge in [-0.05, 0) is 13.0 Å². The Morgan fingerprint density at radius 1 is 1.75 bits per heavy atom. The summed E-state index contributed by atoms with van der Waals surface area (Å²) in [6.07, 6.45) is 1.35. The molecule has 0 aliphatic heterocycles. The number of carboxylic acid groups (broad SMARTS) is 1. The van der Waals surface area contributed by atoms with Crippen LogP contribution in [0.3, 0.4) is 0 Å². The number of aromatic nitrogens is 2. The normalized spacial score (nSPS) is 12.5. The first-order valence-corrected chi connectivity index (χ1v) is 3.87. The van der Waals surface area contributed by atoms with Crippen molar-refractivity contribution in [2.45, 2.75) is 12.2 Å². The SMILES string of the molecule is CC(S)c1nnccc1C(=O)O. The van der Waals surface area contributed by atoms with Crippen molar-refractivity contribution in [1.82, 2.24) is 10.2 Å². The molecule has 0 aromatic carbocycles. The van der Waals surface area contributed by atoms with Crippen molar-refractivity contribution >= 4 is 18.6 Å². The van der Waals surface area contributed by atoms with E-state index in [1.54, 1.807) is 6.92 Å². The van der Waals surface area contributed by atoms with Crippen LogP contribution in [0.2, 0.25) is 0 Å². The van der Waals surface area contributed by atoms with E-state index >= 15 is 0 Å². The minimum Gasteiger partial charge on any atom is -0.478 e. The summed E-state index contributed by atoms with van der Waals surface area (Å²) in [7, 11) is 0. The summed E-state index contributed by atoms with van der Waals surface area (Å²) in [5.74, 6) is -0.999. The molecule has 1 heterocycles. The molecule has 1 N–H and O–H groups in total. The van der Waals surface area contributed by atoms with Crippen molar-refractivity contribution in [2.75, 3.05) is 0 Å². The molecule has 1 atom stereocenters. The summed E-state index contributed by atoms with van der Waals surface area (Å²) in [4.78, 5) is 10.6. The van der Waals surface area contributed by atoms with Crippen molar-refractivity contribution in [1.29, 1.82) is 0 Å². The maximum Gasteiger partial charge on any atom is 0.337 e. The number of hydrogen-bond donors (Lipinski definition) is 2. The molecule has 1 rings (SSSR count). The lowest BCUT2D eigenvalue weighted by molar-refractivity contribution is 0.0695. The van der Waals surface area contributed by atoms with Gasteiger partial charge in [0.05, 0.1) is 17.5 Å². The molecule has 0 aliphatic rings. The first kappa shape index (κ1) is 8.99. The highest BCUT2D eigenvalue weighted by Gasteiger charge is 2.13. The predicted octanol–water partition coefficient (Wildman–Crippen LogP) is 1.17. The summed E-state index contributed by atoms with van der Waals surface area (Å²) in [6, 6.07) is 1.41. The van der Waals surface area contributed by atoms with Crippen LogP contribution in [-0.4, -0.2) is 21.3 Å². The van der Waals surface area contributed by atoms with E-state index < -0.39 is 5.97 Å². The van der Waals surface area contributed by atoms with Gasteiger partial charge in [-0.2, -0.15) is 22.8 Å². The number of carboxylic acids is 1. The van der Waals surface area contributed by atoms with Crippen molar-refractivity contribution in [3.63, 3.8) is 0 Å². The van der Waals surface area contributed by atoms with Crippen LogP contribution in [0.15, 0.2) is 12.3 Å². The zero-order valence-electron chi connectivity index (χ0n) is 6.43. The van der Waals surface area contributed by atoms with Gasteiger partial charge in [0, 0.05) is 5.25 Å². The monoisotopic (exact) mass is 184 g/mol. The van der Waals surface area contributed by atoms with E-state index in [2.05, 4.69) is 22.8 Å². The molecule has 1 aromatic heterocycles. The highest BCUT2D eigenvalue weighted by molar-refractivity contribution is 7.80. The molecule has 64 valence electrons. The largest absolute Gasteiger partial charge is 0.478 e. The maximum atomic E-state index is 10.6. The quantitative estimate of drug-likeness (QED) is 0.677. The molecule has 0 fully saturated rings. The van der Waals surface area contributed by atoms with Gasteiger partial charge in [-0.3, -0.25) is 0 Å². The number of aromatic carboxylic acids is 1. The molecule has 0 saturated heterocycles. The lowest BCUT2D eigenvalue weighted by Gasteiger charge is -2.04. The van der Waals surface area contributed by atoms with Crippen LogP contribution in [0.25, 0.3) is 0 Å². The third-order valence-corrected chi connectivity index (χ3v) is 1.62. The van der Waals surface area contributed by atoms with Crippen LogP contribution in [0.4, 0.5) is 0 Å². The summed E-state index contributed by atoms with van der Waals surface area (Å²) < 4.78 is 0. The first-order chi connectivity index (χ1) is 5.63. The molecular weight excluding hydrogens is 176 g/mol. The van der Waals surface area contributed by atoms with Crippen molar-refractivity contribution in [3.05, 3.63) is 23.5 Å². The Balaban J connectivity index is 3.17. The van der Waals surface area contributed by atoms with Crippen LogP contribution >= 0.6 is 12.6 Å². The van der Waals surface area contributed by atoms with Gasteiger partial charge in [0.2, 0.25) is 0 Å². The van der Waals surface area contributed by atoms with Crippen molar-refractivity contribution in [2.24, 2.45) is 0 Å². The fourth-order valence-electron chi connectivity index (χ4n) is 0.832. The number of rotatable bonds is 2. The third kappa shape index (κ3) is 1.73. The minimum absolute atomic E-state index is 0.160. The standard InChI is InChI=1S/C7H8N2O2S/c1-4(12)6-5(7(10)11)2-3-8-9-6/h2-4,12H,1H3,(H,10,11). The molecule has 4 nitrogen and oxygen atoms in total. The molecular formula is C7H8N2O2S. The Labute approximate surface area is 75.0 Å². The van der Waals surface area contributed by atoms with E-state index in [-0.39, 0.29) is 10.8 Å². The fourth-order valence-corrected chi connectivity index (χ4v) is 1.02. The minimum atomic E-state index is -0.999. The van der Waals surface area contributed by atoms with Gasteiger partial charge in [-0.25, -0.2) is 4.79 Å². The Kier molecular flexibility index (Phi) is 2.65. The molecule has 0 radical (unpaired) electrons. The van der Waals surface area contributed by atoms with E-state index in [9.17, 15) is 4.79 Å². The molecule has 0 bridgehead atoms. The predicted molar refractivity (Wildman–Crippen MR) is 46.4 cm³/mol. The summed E-state index contributed by atoms with van der Waals surface area (Å²) >= 11 is 4.09. The number of thiol groups is 1. The third-order valence-electron chi connectivity index (χ3n) is 1.38. The maximum absolute atomic E-state index is 10.6. The van der Waals surface area contributed by atoms with Crippen LogP contribution in [-0.2, 0) is 0 Å². The molecule has 12 heavy (non-hydrogen) atoms. The number of carbonyl (C=O) groups is 1. The van der Waals surface area contributed by atoms with E-state index in [0.717, 1.165) is 0 Å². The highest BCUT2D eigenvalue weighted by atomic mass is 32.1. The topological polar surface area (TPSA) is 63.1 Å². The second-order valence-electron chi connectivity index (χ2n) is 2.31. The van der Waals surface area contributed by atoms with Gasteiger partial charge in [0.1, 0.15) is 0 Å². The number of hydrogen-bond acceptors (Lipinski definition) is 4. The molecule has 1 unspecified atom stereocenters. The molecule has 0 spiro atoms. The van der Waals surface area contributed by atoms with Gasteiger partial charge < -0.3 is 5.11 Å². The molecule has 5 heteroatoms. The second kappa shape index (κ2) is 3.53. The lowest BCUT2D eigenvalue weighted by Crippen LogP contribution is -2.06. The van der Waals surface area contributed by atoms with Crippen LogP contribution in [0, 0.1) is 0 Å². The van der Waals surface area contributed by atoms with Gasteiger partial charge in [0.25, 0.3) is 0 Å². The Morgan fingerprint density at radius 3 is 2.83 bits per heavy atom. The zero-order valence-corrected chi connectivity index (χ0v) is 7.32. The smallest absolute Gasteiger partial charge is 0.337 e. The molecule has 1 aromatic rings. The zero-order chi connectivity index (χ0) is 9.14. The molecule has 0 aliphatic carbocycles. The Hall–Kier alpha value is -1.10. The average Bonchev–Trinajstić information content (AvgIpc) is 2.04. The first-order valence-electron chi connectivity index (χ1n) is 3.36. The Morgan fingerprint density at radius 2 is 2.42 bits per heavy atom. The van der Waals surface area contributed by atoms with Crippen LogP contribution in [0.5, 0.6) is 0 Å². The van der Waals surface area contributed by atoms with E-state index in [0.29, 0.717) is 5.69 Å². The van der Waals surface area contributed by atoms with Gasteiger partial charge in [-0.15, -0.1) is 0 Å². The van der Waals surface area contributed by atoms with E-state index in [1.807, 2.05) is 0 Å². The summed E-state index contributed by atoms with van der Waals surface area (Å²) in [5.41, 5.74) is 0.556. The van der Waals surface area contributed by atoms with Gasteiger partial charge in [-0.1, -0.05) is 0 Å². The summed E-state index contributed by atoms with van der Waals surface area (Å²) in [6.45, 7) is 1.75. The molecule has 0 amide bonds. The van der Waals surface area contributed by atoms with Gasteiger partial charge in [0.15, 0.2) is 0 Å². The summed E-state index contributed by atoms with van der Waals surface area (Å²) in [5, 5.41) is 15.8. The number of nitrogens with zero attached hydrogens (tertiary/aromatic N) is 2. The van der Waals surface area contributed by atoms with E-state index in [1.165, 1.54) is 12.3 Å². The molecule has 0 saturated carbocycles. The highest BCUT2D eigenvalue weighted by Crippen LogP contribution is 2.19. The van der Waals surface area contributed by atoms with Crippen LogP contribution < -0.4 is 0 Å². The van der Waals surface area contributed by atoms with Gasteiger partial charge >= 0.3 is 5.97 Å². The lowest BCUT2D eigenvalue weighted by atomic mass is 10.2.